The Morgan fingerprint density at radius 2 is 2.19 bits per heavy atom. The highest BCUT2D eigenvalue weighted by atomic mass is 16.2. The first-order chi connectivity index (χ1) is 10.2. The molecule has 0 aliphatic carbocycles. The Bertz CT molecular complexity index is 514. The smallest absolute Gasteiger partial charge is 0.230 e. The Morgan fingerprint density at radius 3 is 3.00 bits per heavy atom. The van der Waals surface area contributed by atoms with Gasteiger partial charge in [0.25, 0.3) is 0 Å². The lowest BCUT2D eigenvalue weighted by molar-refractivity contribution is -0.132. The molecule has 2 heterocycles. The van der Waals surface area contributed by atoms with Crippen LogP contribution >= 0.6 is 0 Å². The van der Waals surface area contributed by atoms with Gasteiger partial charge >= 0.3 is 0 Å². The summed E-state index contributed by atoms with van der Waals surface area (Å²) >= 11 is 0. The van der Waals surface area contributed by atoms with Crippen molar-refractivity contribution >= 4 is 11.6 Å². The van der Waals surface area contributed by atoms with E-state index < -0.39 is 0 Å². The summed E-state index contributed by atoms with van der Waals surface area (Å²) in [6.45, 7) is 6.31. The molecule has 3 heteroatoms. The van der Waals surface area contributed by atoms with Crippen LogP contribution in [0.1, 0.15) is 51.0 Å². The first-order valence-electron chi connectivity index (χ1n) is 8.33. The summed E-state index contributed by atoms with van der Waals surface area (Å²) in [7, 11) is 0. The molecule has 21 heavy (non-hydrogen) atoms. The number of amides is 1. The van der Waals surface area contributed by atoms with Gasteiger partial charge in [0, 0.05) is 24.8 Å². The number of anilines is 1. The Kier molecular flexibility index (Phi) is 4.18. The van der Waals surface area contributed by atoms with E-state index in [1.807, 2.05) is 12.1 Å². The summed E-state index contributed by atoms with van der Waals surface area (Å²) in [6.07, 6.45) is 4.56. The van der Waals surface area contributed by atoms with E-state index in [4.69, 9.17) is 0 Å². The molecule has 3 unspecified atom stereocenters. The quantitative estimate of drug-likeness (QED) is 0.920. The van der Waals surface area contributed by atoms with Crippen molar-refractivity contribution in [2.75, 3.05) is 18.4 Å². The minimum absolute atomic E-state index is 0.0397. The van der Waals surface area contributed by atoms with Gasteiger partial charge in [-0.1, -0.05) is 31.5 Å². The van der Waals surface area contributed by atoms with E-state index in [9.17, 15) is 4.79 Å². The van der Waals surface area contributed by atoms with Crippen molar-refractivity contribution in [1.29, 1.82) is 0 Å². The standard InChI is InChI=1S/C18H26N2O/c1-3-6-14-9-10-20(12-14)18(21)16-11-13(2)19-17-8-5-4-7-15(16)17/h4-5,7-8,13-14,16,19H,3,6,9-12H2,1-2H3. The van der Waals surface area contributed by atoms with Gasteiger partial charge in [-0.3, -0.25) is 4.79 Å². The van der Waals surface area contributed by atoms with Gasteiger partial charge in [-0.15, -0.1) is 0 Å². The molecule has 0 spiro atoms. The van der Waals surface area contributed by atoms with Gasteiger partial charge in [-0.25, -0.2) is 0 Å². The molecular weight excluding hydrogens is 260 g/mol. The molecule has 1 N–H and O–H groups in total. The molecule has 1 aromatic carbocycles. The number of nitrogens with one attached hydrogen (secondary N) is 1. The second-order valence-corrected chi connectivity index (χ2v) is 6.65. The number of fused-ring (bicyclic) bond motifs is 1. The largest absolute Gasteiger partial charge is 0.382 e. The second kappa shape index (κ2) is 6.08. The molecule has 2 aliphatic heterocycles. The maximum absolute atomic E-state index is 13.0. The molecule has 114 valence electrons. The van der Waals surface area contributed by atoms with Crippen molar-refractivity contribution in [2.45, 2.75) is 51.5 Å². The van der Waals surface area contributed by atoms with Gasteiger partial charge in [0.2, 0.25) is 5.91 Å². The monoisotopic (exact) mass is 286 g/mol. The highest BCUT2D eigenvalue weighted by Crippen LogP contribution is 2.36. The zero-order chi connectivity index (χ0) is 14.8. The highest BCUT2D eigenvalue weighted by Gasteiger charge is 2.35. The lowest BCUT2D eigenvalue weighted by atomic mass is 9.86. The first kappa shape index (κ1) is 14.4. The zero-order valence-electron chi connectivity index (χ0n) is 13.1. The molecule has 1 saturated heterocycles. The number of hydrogen-bond donors (Lipinski definition) is 1. The van der Waals surface area contributed by atoms with Crippen LogP contribution in [-0.2, 0) is 4.79 Å². The SMILES string of the molecule is CCCC1CCN(C(=O)C2CC(C)Nc3ccccc32)C1. The van der Waals surface area contributed by atoms with Gasteiger partial charge in [-0.2, -0.15) is 0 Å². The number of carbonyl (C=O) groups excluding carboxylic acids is 1. The lowest BCUT2D eigenvalue weighted by Crippen LogP contribution is -2.38. The summed E-state index contributed by atoms with van der Waals surface area (Å²) in [5.41, 5.74) is 2.32. The van der Waals surface area contributed by atoms with Crippen LogP contribution in [0, 0.1) is 5.92 Å². The van der Waals surface area contributed by atoms with Gasteiger partial charge in [0.15, 0.2) is 0 Å². The van der Waals surface area contributed by atoms with Crippen LogP contribution in [-0.4, -0.2) is 29.9 Å². The zero-order valence-corrected chi connectivity index (χ0v) is 13.1. The van der Waals surface area contributed by atoms with Crippen LogP contribution in [0.4, 0.5) is 5.69 Å². The third kappa shape index (κ3) is 2.92. The van der Waals surface area contributed by atoms with E-state index in [1.165, 1.54) is 24.8 Å². The van der Waals surface area contributed by atoms with Crippen molar-refractivity contribution < 1.29 is 4.79 Å². The second-order valence-electron chi connectivity index (χ2n) is 6.65. The maximum atomic E-state index is 13.0. The number of benzene rings is 1. The average molecular weight is 286 g/mol. The Balaban J connectivity index is 1.76. The molecule has 2 aliphatic rings. The topological polar surface area (TPSA) is 32.3 Å². The minimum atomic E-state index is 0.0397. The van der Waals surface area contributed by atoms with Crippen molar-refractivity contribution in [3.8, 4) is 0 Å². The third-order valence-electron chi connectivity index (χ3n) is 4.92. The normalized spacial score (nSPS) is 28.1. The average Bonchev–Trinajstić information content (AvgIpc) is 2.94. The summed E-state index contributed by atoms with van der Waals surface area (Å²) < 4.78 is 0. The molecule has 1 fully saturated rings. The van der Waals surface area contributed by atoms with Gasteiger partial charge in [0.1, 0.15) is 0 Å². The molecular formula is C18H26N2O. The predicted octanol–water partition coefficient (Wildman–Crippen LogP) is 3.62. The lowest BCUT2D eigenvalue weighted by Gasteiger charge is -2.33. The fourth-order valence-electron chi connectivity index (χ4n) is 3.87. The molecule has 1 aromatic rings. The predicted molar refractivity (Wildman–Crippen MR) is 86.5 cm³/mol. The van der Waals surface area contributed by atoms with Gasteiger partial charge in [-0.05, 0) is 43.7 Å². The van der Waals surface area contributed by atoms with Gasteiger partial charge in [0.05, 0.1) is 5.92 Å². The minimum Gasteiger partial charge on any atom is -0.382 e. The molecule has 3 atom stereocenters. The van der Waals surface area contributed by atoms with Crippen LogP contribution in [0.3, 0.4) is 0 Å². The Labute approximate surface area is 127 Å². The van der Waals surface area contributed by atoms with Crippen LogP contribution < -0.4 is 5.32 Å². The number of carbonyl (C=O) groups is 1. The summed E-state index contributed by atoms with van der Waals surface area (Å²) in [4.78, 5) is 15.1. The van der Waals surface area contributed by atoms with Crippen LogP contribution in [0.15, 0.2) is 24.3 Å². The van der Waals surface area contributed by atoms with Crippen LogP contribution in [0.25, 0.3) is 0 Å². The fourth-order valence-corrected chi connectivity index (χ4v) is 3.87. The van der Waals surface area contributed by atoms with E-state index in [0.29, 0.717) is 17.9 Å². The summed E-state index contributed by atoms with van der Waals surface area (Å²) in [5.74, 6) is 1.10. The van der Waals surface area contributed by atoms with E-state index >= 15 is 0 Å². The number of likely N-dealkylation sites (tertiary alicyclic amines) is 1. The van der Waals surface area contributed by atoms with E-state index in [0.717, 1.165) is 25.2 Å². The molecule has 1 amide bonds. The van der Waals surface area contributed by atoms with E-state index in [2.05, 4.69) is 36.2 Å². The van der Waals surface area contributed by atoms with Crippen molar-refractivity contribution in [3.05, 3.63) is 29.8 Å². The maximum Gasteiger partial charge on any atom is 0.230 e. The molecule has 0 saturated carbocycles. The van der Waals surface area contributed by atoms with Crippen LogP contribution in [0.5, 0.6) is 0 Å². The number of nitrogens with zero attached hydrogens (tertiary/aromatic N) is 1. The molecule has 0 radical (unpaired) electrons. The molecule has 0 bridgehead atoms. The highest BCUT2D eigenvalue weighted by molar-refractivity contribution is 5.86. The van der Waals surface area contributed by atoms with E-state index in [-0.39, 0.29) is 5.92 Å². The number of hydrogen-bond acceptors (Lipinski definition) is 2. The van der Waals surface area contributed by atoms with E-state index in [1.54, 1.807) is 0 Å². The summed E-state index contributed by atoms with van der Waals surface area (Å²) in [6, 6.07) is 8.65. The number of rotatable bonds is 3. The van der Waals surface area contributed by atoms with Crippen molar-refractivity contribution in [2.24, 2.45) is 5.92 Å². The first-order valence-corrected chi connectivity index (χ1v) is 8.33. The molecule has 3 nitrogen and oxygen atoms in total. The van der Waals surface area contributed by atoms with Gasteiger partial charge < -0.3 is 10.2 Å². The Hall–Kier alpha value is -1.51. The molecule has 3 rings (SSSR count). The fraction of sp³-hybridized carbons (Fsp3) is 0.611. The third-order valence-corrected chi connectivity index (χ3v) is 4.92. The van der Waals surface area contributed by atoms with Crippen LogP contribution in [0.2, 0.25) is 0 Å². The Morgan fingerprint density at radius 1 is 1.38 bits per heavy atom. The number of para-hydroxylation sites is 1. The van der Waals surface area contributed by atoms with Crippen molar-refractivity contribution in [1.82, 2.24) is 4.90 Å². The van der Waals surface area contributed by atoms with Crippen molar-refractivity contribution in [3.63, 3.8) is 0 Å². The molecule has 0 aromatic heterocycles. The summed E-state index contributed by atoms with van der Waals surface area (Å²) in [5, 5.41) is 3.49.